The van der Waals surface area contributed by atoms with Gasteiger partial charge in [-0.15, -0.1) is 11.3 Å². The lowest BCUT2D eigenvalue weighted by Crippen LogP contribution is -2.20. The van der Waals surface area contributed by atoms with Crippen molar-refractivity contribution in [3.63, 3.8) is 0 Å². The molecular weight excluding hydrogens is 438 g/mol. The van der Waals surface area contributed by atoms with Gasteiger partial charge in [0.2, 0.25) is 0 Å². The highest BCUT2D eigenvalue weighted by Gasteiger charge is 2.25. The maximum atomic E-state index is 15.3. The Labute approximate surface area is 199 Å². The molecule has 2 saturated carbocycles. The fourth-order valence-electron chi connectivity index (χ4n) is 5.09. The topological polar surface area (TPSA) is 18.5 Å². The molecule has 0 spiro atoms. The first-order chi connectivity index (χ1) is 16.1. The second kappa shape index (κ2) is 10.2. The number of unbranched alkanes of at least 4 members (excludes halogenated alkanes) is 2. The highest BCUT2D eigenvalue weighted by molar-refractivity contribution is 7.25. The molecule has 0 unspecified atom stereocenters. The van der Waals surface area contributed by atoms with Crippen molar-refractivity contribution in [2.24, 2.45) is 17.8 Å². The van der Waals surface area contributed by atoms with E-state index in [0.29, 0.717) is 34.4 Å². The van der Waals surface area contributed by atoms with Gasteiger partial charge in [-0.05, 0) is 67.7 Å². The molecule has 0 bridgehead atoms. The summed E-state index contributed by atoms with van der Waals surface area (Å²) in [6.45, 7) is 3.37. The van der Waals surface area contributed by atoms with E-state index < -0.39 is 0 Å². The number of fused-ring (bicyclic) bond motifs is 3. The van der Waals surface area contributed by atoms with Gasteiger partial charge >= 0.3 is 0 Å². The molecule has 2 aliphatic carbocycles. The van der Waals surface area contributed by atoms with E-state index in [1.807, 2.05) is 12.1 Å². The van der Waals surface area contributed by atoms with Crippen molar-refractivity contribution in [1.29, 1.82) is 0 Å². The predicted molar refractivity (Wildman–Crippen MR) is 133 cm³/mol. The molecule has 0 atom stereocenters. The molecule has 178 valence electrons. The van der Waals surface area contributed by atoms with Crippen molar-refractivity contribution in [1.82, 2.24) is 0 Å². The first kappa shape index (κ1) is 22.9. The molecule has 5 heteroatoms. The first-order valence-electron chi connectivity index (χ1n) is 12.7. The molecule has 0 aliphatic heterocycles. The molecule has 1 heterocycles. The predicted octanol–water partition coefficient (Wildman–Crippen LogP) is 8.89. The number of ether oxygens (including phenoxy) is 2. The van der Waals surface area contributed by atoms with E-state index in [1.165, 1.54) is 51.4 Å². The fourth-order valence-corrected chi connectivity index (χ4v) is 6.25. The minimum atomic E-state index is -0.382. The van der Waals surface area contributed by atoms with Crippen LogP contribution in [0, 0.1) is 29.4 Å². The Morgan fingerprint density at radius 3 is 1.70 bits per heavy atom. The van der Waals surface area contributed by atoms with Crippen molar-refractivity contribution in [3.05, 3.63) is 35.9 Å². The zero-order valence-electron chi connectivity index (χ0n) is 19.5. The van der Waals surface area contributed by atoms with Gasteiger partial charge in [0.25, 0.3) is 0 Å². The Morgan fingerprint density at radius 1 is 0.727 bits per heavy atom. The van der Waals surface area contributed by atoms with E-state index in [2.05, 4.69) is 6.92 Å². The quantitative estimate of drug-likeness (QED) is 0.274. The van der Waals surface area contributed by atoms with E-state index >= 15 is 8.78 Å². The van der Waals surface area contributed by atoms with Gasteiger partial charge in [0, 0.05) is 10.8 Å². The van der Waals surface area contributed by atoms with Crippen LogP contribution in [-0.4, -0.2) is 13.2 Å². The summed E-state index contributed by atoms with van der Waals surface area (Å²) in [7, 11) is 0. The molecule has 2 aromatic carbocycles. The van der Waals surface area contributed by atoms with Crippen molar-refractivity contribution in [3.8, 4) is 11.5 Å². The summed E-state index contributed by atoms with van der Waals surface area (Å²) in [6, 6.07) is 7.09. The van der Waals surface area contributed by atoms with Crippen molar-refractivity contribution in [2.45, 2.75) is 71.1 Å². The SMILES string of the molecule is CCCCCC1CCC(COc2ccc3c(sc4c(F)c(OCC5CC5)ccc43)c2F)CC1. The van der Waals surface area contributed by atoms with Crippen LogP contribution in [-0.2, 0) is 0 Å². The summed E-state index contributed by atoms with van der Waals surface area (Å²) in [5.41, 5.74) is 0. The molecule has 33 heavy (non-hydrogen) atoms. The molecule has 0 radical (unpaired) electrons. The minimum Gasteiger partial charge on any atom is -0.490 e. The van der Waals surface area contributed by atoms with Crippen LogP contribution in [0.4, 0.5) is 8.78 Å². The van der Waals surface area contributed by atoms with Gasteiger partial charge in [0.15, 0.2) is 23.1 Å². The van der Waals surface area contributed by atoms with E-state index in [-0.39, 0.29) is 23.1 Å². The Kier molecular flexibility index (Phi) is 7.05. The zero-order chi connectivity index (χ0) is 22.8. The Bertz CT molecular complexity index is 1100. The summed E-state index contributed by atoms with van der Waals surface area (Å²) in [5, 5.41) is 1.47. The summed E-state index contributed by atoms with van der Waals surface area (Å²) in [6.07, 6.45) is 12.5. The molecule has 2 fully saturated rings. The lowest BCUT2D eigenvalue weighted by atomic mass is 9.80. The van der Waals surface area contributed by atoms with Gasteiger partial charge < -0.3 is 9.47 Å². The lowest BCUT2D eigenvalue weighted by Gasteiger charge is -2.28. The average molecular weight is 473 g/mol. The average Bonchev–Trinajstić information content (AvgIpc) is 3.58. The van der Waals surface area contributed by atoms with Gasteiger partial charge in [-0.1, -0.05) is 45.4 Å². The molecule has 3 aromatic rings. The van der Waals surface area contributed by atoms with Gasteiger partial charge in [0.1, 0.15) is 0 Å². The van der Waals surface area contributed by atoms with E-state index in [9.17, 15) is 0 Å². The Balaban J connectivity index is 1.25. The summed E-state index contributed by atoms with van der Waals surface area (Å²) >= 11 is 1.15. The van der Waals surface area contributed by atoms with E-state index in [4.69, 9.17) is 9.47 Å². The molecule has 0 amide bonds. The number of thiophene rings is 1. The normalized spacial score (nSPS) is 21.1. The van der Waals surface area contributed by atoms with Crippen molar-refractivity contribution in [2.75, 3.05) is 13.2 Å². The smallest absolute Gasteiger partial charge is 0.182 e. The largest absolute Gasteiger partial charge is 0.490 e. The van der Waals surface area contributed by atoms with Gasteiger partial charge in [-0.25, -0.2) is 8.78 Å². The van der Waals surface area contributed by atoms with Crippen LogP contribution in [0.2, 0.25) is 0 Å². The summed E-state index contributed by atoms with van der Waals surface area (Å²) < 4.78 is 42.9. The van der Waals surface area contributed by atoms with Gasteiger partial charge in [0.05, 0.1) is 22.6 Å². The van der Waals surface area contributed by atoms with Gasteiger partial charge in [-0.3, -0.25) is 0 Å². The van der Waals surface area contributed by atoms with Gasteiger partial charge in [-0.2, -0.15) is 0 Å². The number of rotatable bonds is 10. The van der Waals surface area contributed by atoms with Crippen LogP contribution in [0.15, 0.2) is 24.3 Å². The van der Waals surface area contributed by atoms with Crippen LogP contribution in [0.5, 0.6) is 11.5 Å². The molecule has 2 aliphatic rings. The van der Waals surface area contributed by atoms with Crippen LogP contribution in [0.3, 0.4) is 0 Å². The zero-order valence-corrected chi connectivity index (χ0v) is 20.3. The highest BCUT2D eigenvalue weighted by atomic mass is 32.1. The molecule has 1 aromatic heterocycles. The third-order valence-electron chi connectivity index (χ3n) is 7.45. The standard InChI is InChI=1S/C28H34F2O2S/c1-2-3-4-5-18-6-8-19(9-7-18)16-31-23-14-12-21-22-13-15-24(32-17-20-10-11-20)26(30)28(22)33-27(21)25(23)29/h12-15,18-20H,2-11,16-17H2,1H3. The Morgan fingerprint density at radius 2 is 1.21 bits per heavy atom. The summed E-state index contributed by atoms with van der Waals surface area (Å²) in [5.74, 6) is 1.69. The van der Waals surface area contributed by atoms with Crippen LogP contribution in [0.25, 0.3) is 20.2 Å². The molecule has 2 nitrogen and oxygen atoms in total. The minimum absolute atomic E-state index is 0.267. The van der Waals surface area contributed by atoms with Crippen LogP contribution in [0.1, 0.15) is 71.1 Å². The number of benzene rings is 2. The van der Waals surface area contributed by atoms with Crippen LogP contribution < -0.4 is 9.47 Å². The van der Waals surface area contributed by atoms with Crippen molar-refractivity contribution < 1.29 is 18.3 Å². The first-order valence-corrected chi connectivity index (χ1v) is 13.5. The van der Waals surface area contributed by atoms with Crippen LogP contribution >= 0.6 is 11.3 Å². The molecule has 0 N–H and O–H groups in total. The summed E-state index contributed by atoms with van der Waals surface area (Å²) in [4.78, 5) is 0. The Hall–Kier alpha value is -1.88. The second-order valence-corrected chi connectivity index (χ2v) is 11.1. The second-order valence-electron chi connectivity index (χ2n) is 10.1. The fraction of sp³-hybridized carbons (Fsp3) is 0.571. The molecule has 0 saturated heterocycles. The maximum absolute atomic E-state index is 15.3. The van der Waals surface area contributed by atoms with Crippen molar-refractivity contribution >= 4 is 31.5 Å². The maximum Gasteiger partial charge on any atom is 0.182 e. The number of hydrogen-bond donors (Lipinski definition) is 0. The molecular formula is C28H34F2O2S. The highest BCUT2D eigenvalue weighted by Crippen LogP contribution is 2.42. The van der Waals surface area contributed by atoms with E-state index in [1.54, 1.807) is 12.1 Å². The van der Waals surface area contributed by atoms with E-state index in [0.717, 1.165) is 40.9 Å². The molecule has 5 rings (SSSR count). The number of halogens is 2. The third kappa shape index (κ3) is 5.13. The monoisotopic (exact) mass is 472 g/mol. The third-order valence-corrected chi connectivity index (χ3v) is 8.65. The lowest BCUT2D eigenvalue weighted by molar-refractivity contribution is 0.174. The number of hydrogen-bond acceptors (Lipinski definition) is 3.